The van der Waals surface area contributed by atoms with E-state index in [0.29, 0.717) is 24.6 Å². The maximum Gasteiger partial charge on any atom is 0.258 e. The molecule has 2 aromatic heterocycles. The van der Waals surface area contributed by atoms with Gasteiger partial charge < -0.3 is 24.4 Å². The standard InChI is InChI=1S/C26H32N4O4Si/c1-17-19-9-7-8-10-21(19)33-22(17)15-30(3)23(31)12-11-18-13-20-24(27-14-18)29-25(32)26(2,16-28-20)34-35(4,5)6/h7-14,28H,15-16H2,1-6H3,(H,27,29,32)/b12-11+/t26-/m1/s1. The SMILES string of the molecule is Cc1c(CN(C)C(=O)/C=C/c2cnc3c(c2)NC[C@@](C)(O[Si](C)(C)C)C(=O)N3)oc2ccccc12. The van der Waals surface area contributed by atoms with Crippen molar-refractivity contribution >= 4 is 48.7 Å². The molecule has 0 fully saturated rings. The molecule has 0 aliphatic carbocycles. The van der Waals surface area contributed by atoms with Crippen molar-refractivity contribution in [2.24, 2.45) is 0 Å². The molecule has 1 atom stereocenters. The summed E-state index contributed by atoms with van der Waals surface area (Å²) in [6, 6.07) is 9.70. The highest BCUT2D eigenvalue weighted by atomic mass is 28.4. The average molecular weight is 493 g/mol. The average Bonchev–Trinajstić information content (AvgIpc) is 3.04. The predicted octanol–water partition coefficient (Wildman–Crippen LogP) is 4.78. The monoisotopic (exact) mass is 492 g/mol. The number of anilines is 2. The molecule has 0 spiro atoms. The quantitative estimate of drug-likeness (QED) is 0.380. The number of aryl methyl sites for hydroxylation is 1. The van der Waals surface area contributed by atoms with Crippen LogP contribution in [-0.2, 0) is 20.6 Å². The van der Waals surface area contributed by atoms with Crippen molar-refractivity contribution in [1.82, 2.24) is 9.88 Å². The Balaban J connectivity index is 1.45. The number of likely N-dealkylation sites (N-methyl/N-ethyl adjacent to an activating group) is 1. The summed E-state index contributed by atoms with van der Waals surface area (Å²) >= 11 is 0. The number of carbonyl (C=O) groups excluding carboxylic acids is 2. The van der Waals surface area contributed by atoms with E-state index in [0.717, 1.165) is 27.9 Å². The van der Waals surface area contributed by atoms with E-state index in [1.165, 1.54) is 6.08 Å². The minimum absolute atomic E-state index is 0.155. The number of aromatic nitrogens is 1. The number of nitrogens with one attached hydrogen (secondary N) is 2. The zero-order valence-electron chi connectivity index (χ0n) is 21.1. The minimum atomic E-state index is -1.95. The Bertz CT molecular complexity index is 1310. The molecule has 2 amide bonds. The summed E-state index contributed by atoms with van der Waals surface area (Å²) in [5.74, 6) is 0.835. The first kappa shape index (κ1) is 24.7. The molecule has 0 saturated carbocycles. The molecule has 0 saturated heterocycles. The van der Waals surface area contributed by atoms with Gasteiger partial charge in [-0.3, -0.25) is 9.59 Å². The highest BCUT2D eigenvalue weighted by Gasteiger charge is 2.40. The lowest BCUT2D eigenvalue weighted by atomic mass is 10.1. The summed E-state index contributed by atoms with van der Waals surface area (Å²) < 4.78 is 12.1. The van der Waals surface area contributed by atoms with Gasteiger partial charge in [0.2, 0.25) is 5.91 Å². The van der Waals surface area contributed by atoms with Gasteiger partial charge in [-0.05, 0) is 57.3 Å². The molecular formula is C26H32N4O4Si. The zero-order chi connectivity index (χ0) is 25.4. The summed E-state index contributed by atoms with van der Waals surface area (Å²) in [6.07, 6.45) is 4.84. The van der Waals surface area contributed by atoms with Crippen LogP contribution in [0.25, 0.3) is 17.0 Å². The number of benzene rings is 1. The second-order valence-corrected chi connectivity index (χ2v) is 14.5. The second-order valence-electron chi connectivity index (χ2n) is 10.1. The molecule has 0 bridgehead atoms. The van der Waals surface area contributed by atoms with E-state index in [1.807, 2.05) is 56.9 Å². The summed E-state index contributed by atoms with van der Waals surface area (Å²) in [5.41, 5.74) is 2.29. The van der Waals surface area contributed by atoms with Crippen molar-refractivity contribution in [2.45, 2.75) is 45.6 Å². The Morgan fingerprint density at radius 3 is 2.77 bits per heavy atom. The van der Waals surface area contributed by atoms with Crippen LogP contribution in [0, 0.1) is 6.92 Å². The normalized spacial score (nSPS) is 18.2. The fourth-order valence-electron chi connectivity index (χ4n) is 4.11. The maximum absolute atomic E-state index is 12.8. The van der Waals surface area contributed by atoms with Crippen LogP contribution in [0.1, 0.15) is 23.8 Å². The van der Waals surface area contributed by atoms with Crippen molar-refractivity contribution in [3.05, 3.63) is 59.5 Å². The molecule has 184 valence electrons. The number of furan rings is 1. The molecule has 3 aromatic rings. The van der Waals surface area contributed by atoms with Crippen LogP contribution in [0.3, 0.4) is 0 Å². The van der Waals surface area contributed by atoms with Gasteiger partial charge in [0, 0.05) is 30.3 Å². The lowest BCUT2D eigenvalue weighted by molar-refractivity contribution is -0.129. The molecule has 1 aromatic carbocycles. The van der Waals surface area contributed by atoms with Gasteiger partial charge in [-0.15, -0.1) is 0 Å². The van der Waals surface area contributed by atoms with Gasteiger partial charge in [-0.1, -0.05) is 18.2 Å². The summed E-state index contributed by atoms with van der Waals surface area (Å²) in [5, 5.41) is 7.20. The number of amides is 2. The smallest absolute Gasteiger partial charge is 0.258 e. The lowest BCUT2D eigenvalue weighted by Crippen LogP contribution is -2.52. The van der Waals surface area contributed by atoms with Crippen LogP contribution in [0.2, 0.25) is 19.6 Å². The zero-order valence-corrected chi connectivity index (χ0v) is 22.1. The number of hydrogen-bond donors (Lipinski definition) is 2. The number of pyridine rings is 1. The third-order valence-corrected chi connectivity index (χ3v) is 6.95. The Labute approximate surface area is 206 Å². The van der Waals surface area contributed by atoms with Gasteiger partial charge in [0.05, 0.1) is 18.8 Å². The molecule has 8 nitrogen and oxygen atoms in total. The van der Waals surface area contributed by atoms with Crippen LogP contribution < -0.4 is 10.6 Å². The number of para-hydroxylation sites is 1. The van der Waals surface area contributed by atoms with Gasteiger partial charge in [0.15, 0.2) is 14.1 Å². The highest BCUT2D eigenvalue weighted by molar-refractivity contribution is 6.70. The summed E-state index contributed by atoms with van der Waals surface area (Å²) in [7, 11) is -0.214. The maximum atomic E-state index is 12.8. The van der Waals surface area contributed by atoms with Gasteiger partial charge in [0.25, 0.3) is 5.91 Å². The van der Waals surface area contributed by atoms with E-state index in [1.54, 1.807) is 31.1 Å². The first-order chi connectivity index (χ1) is 16.4. The fraction of sp³-hybridized carbons (Fsp3) is 0.346. The van der Waals surface area contributed by atoms with E-state index in [4.69, 9.17) is 8.84 Å². The van der Waals surface area contributed by atoms with Crippen LogP contribution >= 0.6 is 0 Å². The van der Waals surface area contributed by atoms with Gasteiger partial charge in [0.1, 0.15) is 16.9 Å². The molecule has 0 unspecified atom stereocenters. The van der Waals surface area contributed by atoms with E-state index < -0.39 is 13.9 Å². The van der Waals surface area contributed by atoms with E-state index in [9.17, 15) is 9.59 Å². The van der Waals surface area contributed by atoms with E-state index in [-0.39, 0.29) is 11.8 Å². The molecule has 35 heavy (non-hydrogen) atoms. The summed E-state index contributed by atoms with van der Waals surface area (Å²) in [4.78, 5) is 31.6. The number of hydrogen-bond acceptors (Lipinski definition) is 6. The molecule has 1 aliphatic rings. The largest absolute Gasteiger partial charge is 0.459 e. The van der Waals surface area contributed by atoms with Crippen molar-refractivity contribution < 1.29 is 18.4 Å². The van der Waals surface area contributed by atoms with E-state index >= 15 is 0 Å². The molecule has 9 heteroatoms. The first-order valence-electron chi connectivity index (χ1n) is 11.6. The minimum Gasteiger partial charge on any atom is -0.459 e. The summed E-state index contributed by atoms with van der Waals surface area (Å²) in [6.45, 7) is 10.6. The molecule has 4 rings (SSSR count). The Morgan fingerprint density at radius 1 is 1.31 bits per heavy atom. The van der Waals surface area contributed by atoms with Gasteiger partial charge in [-0.2, -0.15) is 0 Å². The van der Waals surface area contributed by atoms with Crippen LogP contribution in [-0.4, -0.2) is 49.2 Å². The van der Waals surface area contributed by atoms with Crippen LogP contribution in [0.15, 0.2) is 47.0 Å². The number of nitrogens with zero attached hydrogens (tertiary/aromatic N) is 2. The molecule has 0 radical (unpaired) electrons. The molecule has 2 N–H and O–H groups in total. The van der Waals surface area contributed by atoms with Crippen LogP contribution in [0.5, 0.6) is 0 Å². The number of fused-ring (bicyclic) bond motifs is 2. The third-order valence-electron chi connectivity index (χ3n) is 5.89. The Kier molecular flexibility index (Phi) is 6.57. The van der Waals surface area contributed by atoms with Crippen molar-refractivity contribution in [3.63, 3.8) is 0 Å². The number of rotatable bonds is 6. The van der Waals surface area contributed by atoms with Gasteiger partial charge in [-0.25, -0.2) is 4.98 Å². The Hall–Kier alpha value is -3.43. The molecule has 3 heterocycles. The molecule has 1 aliphatic heterocycles. The predicted molar refractivity (Wildman–Crippen MR) is 141 cm³/mol. The third kappa shape index (κ3) is 5.46. The van der Waals surface area contributed by atoms with E-state index in [2.05, 4.69) is 15.6 Å². The molecular weight excluding hydrogens is 460 g/mol. The second kappa shape index (κ2) is 9.31. The fourth-order valence-corrected chi connectivity index (χ4v) is 5.63. The number of carbonyl (C=O) groups is 2. The first-order valence-corrected chi connectivity index (χ1v) is 15.0. The van der Waals surface area contributed by atoms with Crippen molar-refractivity contribution in [1.29, 1.82) is 0 Å². The topological polar surface area (TPSA) is 96.7 Å². The van der Waals surface area contributed by atoms with Gasteiger partial charge >= 0.3 is 0 Å². The Morgan fingerprint density at radius 2 is 2.06 bits per heavy atom. The van der Waals surface area contributed by atoms with Crippen molar-refractivity contribution in [2.75, 3.05) is 24.2 Å². The lowest BCUT2D eigenvalue weighted by Gasteiger charge is -2.33. The highest BCUT2D eigenvalue weighted by Crippen LogP contribution is 2.29. The van der Waals surface area contributed by atoms with Crippen LogP contribution in [0.4, 0.5) is 11.5 Å². The van der Waals surface area contributed by atoms with Crippen molar-refractivity contribution in [3.8, 4) is 0 Å².